The predicted octanol–water partition coefficient (Wildman–Crippen LogP) is 2.94. The summed E-state index contributed by atoms with van der Waals surface area (Å²) >= 11 is 0. The van der Waals surface area contributed by atoms with Crippen molar-refractivity contribution in [3.8, 4) is 5.75 Å². The molecule has 0 aliphatic carbocycles. The number of anilines is 1. The van der Waals surface area contributed by atoms with E-state index in [0.717, 1.165) is 18.4 Å². The largest absolute Gasteiger partial charge is 0.506 e. The second kappa shape index (κ2) is 5.48. The van der Waals surface area contributed by atoms with E-state index in [9.17, 15) is 5.11 Å². The summed E-state index contributed by atoms with van der Waals surface area (Å²) in [6.07, 6.45) is 5.23. The zero-order chi connectivity index (χ0) is 12.1. The zero-order valence-electron chi connectivity index (χ0n) is 9.98. The number of benzene rings is 1. The lowest BCUT2D eigenvalue weighted by atomic mass is 10.2. The van der Waals surface area contributed by atoms with Crippen molar-refractivity contribution >= 4 is 16.9 Å². The van der Waals surface area contributed by atoms with Crippen LogP contribution in [0.15, 0.2) is 24.4 Å². The molecule has 2 rings (SSSR count). The lowest BCUT2D eigenvalue weighted by Gasteiger charge is -2.05. The first-order valence-corrected chi connectivity index (χ1v) is 6.00. The number of aromatic hydroxyl groups is 1. The van der Waals surface area contributed by atoms with Crippen LogP contribution in [0.4, 0.5) is 5.95 Å². The monoisotopic (exact) mass is 231 g/mol. The van der Waals surface area contributed by atoms with Crippen LogP contribution in [0.5, 0.6) is 5.75 Å². The maximum Gasteiger partial charge on any atom is 0.223 e. The van der Waals surface area contributed by atoms with Crippen LogP contribution in [0.3, 0.4) is 0 Å². The standard InChI is InChI=1S/C13H17N3O/c1-2-3-4-8-14-13-15-9-10-6-5-7-11(17)12(10)16-13/h5-7,9,17H,2-4,8H2,1H3,(H,14,15,16). The zero-order valence-corrected chi connectivity index (χ0v) is 9.98. The summed E-state index contributed by atoms with van der Waals surface area (Å²) in [7, 11) is 0. The minimum Gasteiger partial charge on any atom is -0.506 e. The summed E-state index contributed by atoms with van der Waals surface area (Å²) in [5.74, 6) is 0.775. The number of hydrogen-bond donors (Lipinski definition) is 2. The Labute approximate surface area is 101 Å². The van der Waals surface area contributed by atoms with E-state index in [1.807, 2.05) is 6.07 Å². The molecule has 0 saturated heterocycles. The van der Waals surface area contributed by atoms with Gasteiger partial charge in [-0.05, 0) is 12.5 Å². The van der Waals surface area contributed by atoms with Gasteiger partial charge in [-0.15, -0.1) is 0 Å². The molecule has 0 fully saturated rings. The molecule has 2 N–H and O–H groups in total. The first kappa shape index (κ1) is 11.6. The fraction of sp³-hybridized carbons (Fsp3) is 0.385. The minimum atomic E-state index is 0.196. The van der Waals surface area contributed by atoms with Gasteiger partial charge in [0.1, 0.15) is 11.3 Å². The third-order valence-corrected chi connectivity index (χ3v) is 2.65. The number of unbranched alkanes of at least 4 members (excludes halogenated alkanes) is 2. The van der Waals surface area contributed by atoms with Gasteiger partial charge in [0.2, 0.25) is 5.95 Å². The van der Waals surface area contributed by atoms with Crippen LogP contribution < -0.4 is 5.32 Å². The number of aromatic nitrogens is 2. The molecule has 2 aromatic rings. The molecule has 0 bridgehead atoms. The molecule has 4 heteroatoms. The van der Waals surface area contributed by atoms with Crippen LogP contribution in [0.25, 0.3) is 10.9 Å². The number of rotatable bonds is 5. The fourth-order valence-corrected chi connectivity index (χ4v) is 1.70. The molecule has 1 heterocycles. The Morgan fingerprint density at radius 3 is 3.00 bits per heavy atom. The van der Waals surface area contributed by atoms with Crippen LogP contribution in [0, 0.1) is 0 Å². The number of nitrogens with one attached hydrogen (secondary N) is 1. The molecule has 0 saturated carbocycles. The third kappa shape index (κ3) is 2.84. The maximum atomic E-state index is 9.69. The third-order valence-electron chi connectivity index (χ3n) is 2.65. The van der Waals surface area contributed by atoms with Gasteiger partial charge in [-0.25, -0.2) is 9.97 Å². The molecule has 0 aliphatic heterocycles. The van der Waals surface area contributed by atoms with Gasteiger partial charge in [0.15, 0.2) is 0 Å². The van der Waals surface area contributed by atoms with Gasteiger partial charge in [-0.2, -0.15) is 0 Å². The van der Waals surface area contributed by atoms with Crippen molar-refractivity contribution in [1.82, 2.24) is 9.97 Å². The molecule has 4 nitrogen and oxygen atoms in total. The van der Waals surface area contributed by atoms with Crippen molar-refractivity contribution in [2.75, 3.05) is 11.9 Å². The molecule has 1 aromatic heterocycles. The molecule has 0 spiro atoms. The van der Waals surface area contributed by atoms with Crippen LogP contribution >= 0.6 is 0 Å². The summed E-state index contributed by atoms with van der Waals surface area (Å²) < 4.78 is 0. The van der Waals surface area contributed by atoms with Crippen LogP contribution in [-0.4, -0.2) is 21.6 Å². The molecule has 0 aliphatic rings. The highest BCUT2D eigenvalue weighted by Gasteiger charge is 2.03. The van der Waals surface area contributed by atoms with E-state index < -0.39 is 0 Å². The van der Waals surface area contributed by atoms with Gasteiger partial charge in [-0.3, -0.25) is 0 Å². The van der Waals surface area contributed by atoms with Gasteiger partial charge < -0.3 is 10.4 Å². The first-order valence-electron chi connectivity index (χ1n) is 6.00. The topological polar surface area (TPSA) is 58.0 Å². The molecular formula is C13H17N3O. The van der Waals surface area contributed by atoms with Gasteiger partial charge in [-0.1, -0.05) is 31.9 Å². The quantitative estimate of drug-likeness (QED) is 0.777. The highest BCUT2D eigenvalue weighted by Crippen LogP contribution is 2.22. The second-order valence-electron chi connectivity index (χ2n) is 4.04. The number of nitrogens with zero attached hydrogens (tertiary/aromatic N) is 2. The highest BCUT2D eigenvalue weighted by molar-refractivity contribution is 5.84. The number of phenols is 1. The van der Waals surface area contributed by atoms with Gasteiger partial charge in [0.05, 0.1) is 0 Å². The molecule has 90 valence electrons. The van der Waals surface area contributed by atoms with Gasteiger partial charge >= 0.3 is 0 Å². The Kier molecular flexibility index (Phi) is 3.75. The second-order valence-corrected chi connectivity index (χ2v) is 4.04. The normalized spacial score (nSPS) is 10.6. The molecule has 0 unspecified atom stereocenters. The fourth-order valence-electron chi connectivity index (χ4n) is 1.70. The molecule has 0 amide bonds. The lowest BCUT2D eigenvalue weighted by molar-refractivity contribution is 0.480. The Balaban J connectivity index is 2.11. The van der Waals surface area contributed by atoms with Crippen molar-refractivity contribution in [3.05, 3.63) is 24.4 Å². The smallest absolute Gasteiger partial charge is 0.223 e. The highest BCUT2D eigenvalue weighted by atomic mass is 16.3. The van der Waals surface area contributed by atoms with Gasteiger partial charge in [0.25, 0.3) is 0 Å². The van der Waals surface area contributed by atoms with E-state index in [1.165, 1.54) is 12.8 Å². The number of para-hydroxylation sites is 1. The van der Waals surface area contributed by atoms with E-state index in [0.29, 0.717) is 11.5 Å². The average molecular weight is 231 g/mol. The molecule has 0 atom stereocenters. The summed E-state index contributed by atoms with van der Waals surface area (Å²) in [4.78, 5) is 8.51. The first-order chi connectivity index (χ1) is 8.31. The molecule has 17 heavy (non-hydrogen) atoms. The van der Waals surface area contributed by atoms with E-state index in [2.05, 4.69) is 22.2 Å². The Morgan fingerprint density at radius 2 is 2.18 bits per heavy atom. The summed E-state index contributed by atoms with van der Waals surface area (Å²) in [5, 5.41) is 13.7. The van der Waals surface area contributed by atoms with E-state index >= 15 is 0 Å². The Morgan fingerprint density at radius 1 is 1.29 bits per heavy atom. The van der Waals surface area contributed by atoms with Crippen LogP contribution in [-0.2, 0) is 0 Å². The van der Waals surface area contributed by atoms with E-state index in [1.54, 1.807) is 18.3 Å². The van der Waals surface area contributed by atoms with E-state index in [-0.39, 0.29) is 5.75 Å². The number of fused-ring (bicyclic) bond motifs is 1. The van der Waals surface area contributed by atoms with Crippen LogP contribution in [0.2, 0.25) is 0 Å². The number of phenolic OH excluding ortho intramolecular Hbond substituents is 1. The predicted molar refractivity (Wildman–Crippen MR) is 69.2 cm³/mol. The van der Waals surface area contributed by atoms with Gasteiger partial charge in [0, 0.05) is 18.1 Å². The molecular weight excluding hydrogens is 214 g/mol. The molecule has 1 aromatic carbocycles. The van der Waals surface area contributed by atoms with Crippen LogP contribution in [0.1, 0.15) is 26.2 Å². The number of hydrogen-bond acceptors (Lipinski definition) is 4. The lowest BCUT2D eigenvalue weighted by Crippen LogP contribution is -2.05. The van der Waals surface area contributed by atoms with Crippen molar-refractivity contribution in [3.63, 3.8) is 0 Å². The summed E-state index contributed by atoms with van der Waals surface area (Å²) in [5.41, 5.74) is 0.598. The Bertz CT molecular complexity index is 499. The SMILES string of the molecule is CCCCCNc1ncc2cccc(O)c2n1. The van der Waals surface area contributed by atoms with Crippen molar-refractivity contribution in [2.24, 2.45) is 0 Å². The van der Waals surface area contributed by atoms with E-state index in [4.69, 9.17) is 0 Å². The summed E-state index contributed by atoms with van der Waals surface area (Å²) in [6.45, 7) is 3.04. The van der Waals surface area contributed by atoms with Crippen molar-refractivity contribution in [1.29, 1.82) is 0 Å². The Hall–Kier alpha value is -1.84. The molecule has 0 radical (unpaired) electrons. The summed E-state index contributed by atoms with van der Waals surface area (Å²) in [6, 6.07) is 5.31. The average Bonchev–Trinajstić information content (AvgIpc) is 2.36. The van der Waals surface area contributed by atoms with Crippen molar-refractivity contribution < 1.29 is 5.11 Å². The van der Waals surface area contributed by atoms with Crippen molar-refractivity contribution in [2.45, 2.75) is 26.2 Å². The maximum absolute atomic E-state index is 9.69. The minimum absolute atomic E-state index is 0.196.